The molecule has 0 heterocycles. The SMILES string of the molecule is CC(OC(=O)Nc1ccc(C(N)=NC=Nc2ccc(OC(F)(F)F)cc2)cc1)c1ccccc1. The topological polar surface area (TPSA) is 98.3 Å². The molecule has 0 fully saturated rings. The van der Waals surface area contributed by atoms with E-state index in [-0.39, 0.29) is 11.6 Å². The first-order valence-corrected chi connectivity index (χ1v) is 10.0. The minimum Gasteiger partial charge on any atom is -0.441 e. The lowest BCUT2D eigenvalue weighted by Crippen LogP contribution is -2.17. The maximum Gasteiger partial charge on any atom is 0.573 e. The van der Waals surface area contributed by atoms with Crippen LogP contribution < -0.4 is 15.8 Å². The van der Waals surface area contributed by atoms with Crippen LogP contribution in [0.15, 0.2) is 88.8 Å². The van der Waals surface area contributed by atoms with E-state index in [0.29, 0.717) is 16.9 Å². The number of halogens is 3. The molecule has 3 N–H and O–H groups in total. The molecular weight excluding hydrogens is 449 g/mol. The number of alkyl halides is 3. The Morgan fingerprint density at radius 3 is 2.26 bits per heavy atom. The first-order valence-electron chi connectivity index (χ1n) is 10.0. The van der Waals surface area contributed by atoms with E-state index >= 15 is 0 Å². The third-order valence-corrected chi connectivity index (χ3v) is 4.45. The molecular formula is C24H21F3N4O3. The third-order valence-electron chi connectivity index (χ3n) is 4.45. The number of amides is 1. The Balaban J connectivity index is 1.53. The van der Waals surface area contributed by atoms with Crippen LogP contribution in [0, 0.1) is 0 Å². The van der Waals surface area contributed by atoms with Gasteiger partial charge in [0.1, 0.15) is 24.0 Å². The number of benzene rings is 3. The predicted molar refractivity (Wildman–Crippen MR) is 123 cm³/mol. The summed E-state index contributed by atoms with van der Waals surface area (Å²) in [6, 6.07) is 20.9. The number of ether oxygens (including phenoxy) is 2. The second-order valence-electron chi connectivity index (χ2n) is 6.96. The highest BCUT2D eigenvalue weighted by atomic mass is 19.4. The summed E-state index contributed by atoms with van der Waals surface area (Å²) >= 11 is 0. The number of anilines is 1. The molecule has 3 aromatic rings. The van der Waals surface area contributed by atoms with E-state index in [1.165, 1.54) is 18.5 Å². The highest BCUT2D eigenvalue weighted by molar-refractivity contribution is 6.01. The molecule has 34 heavy (non-hydrogen) atoms. The van der Waals surface area contributed by atoms with E-state index < -0.39 is 18.6 Å². The lowest BCUT2D eigenvalue weighted by atomic mass is 10.1. The van der Waals surface area contributed by atoms with Crippen LogP contribution >= 0.6 is 0 Å². The number of nitrogens with zero attached hydrogens (tertiary/aromatic N) is 2. The molecule has 0 spiro atoms. The van der Waals surface area contributed by atoms with E-state index in [1.807, 2.05) is 30.3 Å². The molecule has 10 heteroatoms. The van der Waals surface area contributed by atoms with Crippen molar-refractivity contribution in [1.82, 2.24) is 0 Å². The maximum absolute atomic E-state index is 12.2. The molecule has 0 aliphatic rings. The number of aliphatic imine (C=N–C) groups is 2. The van der Waals surface area contributed by atoms with Gasteiger partial charge >= 0.3 is 12.5 Å². The summed E-state index contributed by atoms with van der Waals surface area (Å²) in [4.78, 5) is 20.1. The Hall–Kier alpha value is -4.34. The van der Waals surface area contributed by atoms with Gasteiger partial charge in [0, 0.05) is 11.3 Å². The standard InChI is InChI=1S/C24H21F3N4O3/c1-16(17-5-3-2-4-6-17)33-23(32)31-20-9-7-18(8-10-20)22(28)30-15-29-19-11-13-21(14-12-19)34-24(25,26)27/h2-16H,1H3,(H,31,32)(H2,28,29,30). The maximum atomic E-state index is 12.2. The number of nitrogens with one attached hydrogen (secondary N) is 1. The summed E-state index contributed by atoms with van der Waals surface area (Å²) < 4.78 is 45.7. The van der Waals surface area contributed by atoms with E-state index in [2.05, 4.69) is 20.0 Å². The van der Waals surface area contributed by atoms with Crippen molar-refractivity contribution >= 4 is 29.6 Å². The Bertz CT molecular complexity index is 1150. The Morgan fingerprint density at radius 2 is 1.65 bits per heavy atom. The number of carbonyl (C=O) groups excluding carboxylic acids is 1. The Kier molecular flexibility index (Phi) is 7.86. The summed E-state index contributed by atoms with van der Waals surface area (Å²) in [5.41, 5.74) is 8.28. The van der Waals surface area contributed by atoms with Gasteiger partial charge in [-0.15, -0.1) is 13.2 Å². The van der Waals surface area contributed by atoms with Gasteiger partial charge in [0.15, 0.2) is 0 Å². The molecule has 0 saturated heterocycles. The molecule has 7 nitrogen and oxygen atoms in total. The lowest BCUT2D eigenvalue weighted by molar-refractivity contribution is -0.274. The van der Waals surface area contributed by atoms with Crippen molar-refractivity contribution in [3.8, 4) is 5.75 Å². The smallest absolute Gasteiger partial charge is 0.441 e. The molecule has 0 saturated carbocycles. The average molecular weight is 470 g/mol. The van der Waals surface area contributed by atoms with Crippen LogP contribution in [0.25, 0.3) is 0 Å². The molecule has 3 rings (SSSR count). The van der Waals surface area contributed by atoms with Crippen molar-refractivity contribution < 1.29 is 27.4 Å². The second-order valence-corrected chi connectivity index (χ2v) is 6.96. The van der Waals surface area contributed by atoms with Crippen molar-refractivity contribution in [3.63, 3.8) is 0 Å². The highest BCUT2D eigenvalue weighted by Gasteiger charge is 2.30. The van der Waals surface area contributed by atoms with Crippen LogP contribution in [0.1, 0.15) is 24.2 Å². The molecule has 0 aliphatic carbocycles. The quantitative estimate of drug-likeness (QED) is 0.329. The van der Waals surface area contributed by atoms with E-state index in [4.69, 9.17) is 10.5 Å². The molecule has 1 atom stereocenters. The average Bonchev–Trinajstić information content (AvgIpc) is 2.80. The van der Waals surface area contributed by atoms with Gasteiger partial charge in [-0.05, 0) is 61.0 Å². The van der Waals surface area contributed by atoms with Crippen molar-refractivity contribution in [3.05, 3.63) is 90.0 Å². The summed E-state index contributed by atoms with van der Waals surface area (Å²) in [5, 5.41) is 2.64. The van der Waals surface area contributed by atoms with Crippen LogP contribution in [0.4, 0.5) is 29.3 Å². The van der Waals surface area contributed by atoms with Gasteiger partial charge in [-0.2, -0.15) is 0 Å². The van der Waals surface area contributed by atoms with Gasteiger partial charge in [0.25, 0.3) is 0 Å². The summed E-state index contributed by atoms with van der Waals surface area (Å²) in [5.74, 6) is -0.186. The van der Waals surface area contributed by atoms with Gasteiger partial charge in [-0.25, -0.2) is 14.8 Å². The van der Waals surface area contributed by atoms with E-state index in [9.17, 15) is 18.0 Å². The summed E-state index contributed by atoms with van der Waals surface area (Å²) in [7, 11) is 0. The number of hydrogen-bond acceptors (Lipinski definition) is 4. The minimum atomic E-state index is -4.75. The molecule has 0 radical (unpaired) electrons. The Labute approximate surface area is 193 Å². The van der Waals surface area contributed by atoms with Crippen LogP contribution in [0.3, 0.4) is 0 Å². The number of rotatable bonds is 7. The molecule has 0 bridgehead atoms. The summed E-state index contributed by atoms with van der Waals surface area (Å²) in [6.07, 6.45) is -4.57. The first-order chi connectivity index (χ1) is 16.2. The second kappa shape index (κ2) is 11.0. The van der Waals surface area contributed by atoms with Crippen molar-refractivity contribution in [2.75, 3.05) is 5.32 Å². The largest absolute Gasteiger partial charge is 0.573 e. The monoisotopic (exact) mass is 470 g/mol. The van der Waals surface area contributed by atoms with Crippen LogP contribution in [0.5, 0.6) is 5.75 Å². The van der Waals surface area contributed by atoms with Gasteiger partial charge < -0.3 is 15.2 Å². The normalized spacial score (nSPS) is 12.9. The van der Waals surface area contributed by atoms with Crippen LogP contribution in [-0.2, 0) is 4.74 Å². The van der Waals surface area contributed by atoms with Gasteiger partial charge in [-0.3, -0.25) is 5.32 Å². The predicted octanol–water partition coefficient (Wildman–Crippen LogP) is 5.96. The fraction of sp³-hybridized carbons (Fsp3) is 0.125. The van der Waals surface area contributed by atoms with E-state index in [0.717, 1.165) is 17.7 Å². The fourth-order valence-corrected chi connectivity index (χ4v) is 2.79. The van der Waals surface area contributed by atoms with Crippen molar-refractivity contribution in [1.29, 1.82) is 0 Å². The molecule has 1 amide bonds. The molecule has 0 aliphatic heterocycles. The Morgan fingerprint density at radius 1 is 1.00 bits per heavy atom. The van der Waals surface area contributed by atoms with Crippen LogP contribution in [0.2, 0.25) is 0 Å². The zero-order chi connectivity index (χ0) is 24.6. The van der Waals surface area contributed by atoms with Gasteiger partial charge in [0.05, 0.1) is 5.69 Å². The number of carbonyl (C=O) groups is 1. The molecule has 0 aromatic heterocycles. The van der Waals surface area contributed by atoms with Crippen molar-refractivity contribution in [2.24, 2.45) is 15.7 Å². The minimum absolute atomic E-state index is 0.160. The zero-order valence-electron chi connectivity index (χ0n) is 18.0. The highest BCUT2D eigenvalue weighted by Crippen LogP contribution is 2.24. The van der Waals surface area contributed by atoms with Gasteiger partial charge in [-0.1, -0.05) is 30.3 Å². The number of hydrogen-bond donors (Lipinski definition) is 2. The zero-order valence-corrected chi connectivity index (χ0v) is 18.0. The number of nitrogens with two attached hydrogens (primary N) is 1. The van der Waals surface area contributed by atoms with Crippen molar-refractivity contribution in [2.45, 2.75) is 19.4 Å². The van der Waals surface area contributed by atoms with E-state index in [1.54, 1.807) is 31.2 Å². The van der Waals surface area contributed by atoms with Crippen LogP contribution in [-0.4, -0.2) is 24.6 Å². The molecule has 1 unspecified atom stereocenters. The first kappa shape index (κ1) is 24.3. The number of amidine groups is 1. The molecule has 3 aromatic carbocycles. The lowest BCUT2D eigenvalue weighted by Gasteiger charge is -2.14. The third kappa shape index (κ3) is 7.66. The summed E-state index contributed by atoms with van der Waals surface area (Å²) in [6.45, 7) is 1.78. The molecule has 176 valence electrons. The van der Waals surface area contributed by atoms with Gasteiger partial charge in [0.2, 0.25) is 0 Å². The fourth-order valence-electron chi connectivity index (χ4n) is 2.79.